The highest BCUT2D eigenvalue weighted by molar-refractivity contribution is 9.10. The topological polar surface area (TPSA) is 29.1 Å². The van der Waals surface area contributed by atoms with Crippen molar-refractivity contribution in [2.75, 3.05) is 12.3 Å². The first-order chi connectivity index (χ1) is 7.63. The van der Waals surface area contributed by atoms with E-state index in [1.807, 2.05) is 24.3 Å². The Morgan fingerprint density at radius 3 is 2.88 bits per heavy atom. The van der Waals surface area contributed by atoms with E-state index in [9.17, 15) is 4.21 Å². The molecule has 0 aliphatic rings. The van der Waals surface area contributed by atoms with Gasteiger partial charge in [-0.05, 0) is 38.1 Å². The number of hydrogen-bond acceptors (Lipinski definition) is 2. The average Bonchev–Trinajstić information content (AvgIpc) is 2.26. The van der Waals surface area contributed by atoms with Crippen molar-refractivity contribution < 1.29 is 4.21 Å². The van der Waals surface area contributed by atoms with E-state index in [2.05, 4.69) is 35.1 Å². The van der Waals surface area contributed by atoms with Gasteiger partial charge in [0, 0.05) is 21.2 Å². The van der Waals surface area contributed by atoms with Crippen LogP contribution >= 0.6 is 15.9 Å². The second-order valence-electron chi connectivity index (χ2n) is 3.75. The monoisotopic (exact) mass is 303 g/mol. The van der Waals surface area contributed by atoms with Crippen molar-refractivity contribution in [3.05, 3.63) is 28.7 Å². The highest BCUT2D eigenvalue weighted by Crippen LogP contribution is 2.15. The van der Waals surface area contributed by atoms with Gasteiger partial charge in [0.1, 0.15) is 0 Å². The van der Waals surface area contributed by atoms with Crippen LogP contribution in [0, 0.1) is 0 Å². The molecule has 0 radical (unpaired) electrons. The smallest absolute Gasteiger partial charge is 0.0530 e. The zero-order valence-electron chi connectivity index (χ0n) is 9.70. The van der Waals surface area contributed by atoms with E-state index in [0.29, 0.717) is 11.8 Å². The quantitative estimate of drug-likeness (QED) is 0.875. The molecule has 0 fully saturated rings. The maximum Gasteiger partial charge on any atom is 0.0530 e. The molecule has 0 aliphatic carbocycles. The van der Waals surface area contributed by atoms with E-state index in [0.717, 1.165) is 22.3 Å². The molecule has 0 saturated heterocycles. The number of nitrogens with one attached hydrogen (secondary N) is 1. The Morgan fingerprint density at radius 1 is 1.50 bits per heavy atom. The van der Waals surface area contributed by atoms with Crippen LogP contribution < -0.4 is 5.32 Å². The van der Waals surface area contributed by atoms with Crippen LogP contribution in [0.15, 0.2) is 33.6 Å². The third-order valence-electron chi connectivity index (χ3n) is 2.35. The summed E-state index contributed by atoms with van der Waals surface area (Å²) in [6.07, 6.45) is 0.937. The first-order valence-electron chi connectivity index (χ1n) is 5.50. The summed E-state index contributed by atoms with van der Waals surface area (Å²) in [6.45, 7) is 5.17. The normalized spacial score (nSPS) is 14.7. The third-order valence-corrected chi connectivity index (χ3v) is 4.23. The zero-order chi connectivity index (χ0) is 12.0. The standard InChI is InChI=1S/C12H18BrNOS/c1-3-14-10(2)7-8-16(15)12-6-4-5-11(13)9-12/h4-6,9-10,14H,3,7-8H2,1-2H3. The Morgan fingerprint density at radius 2 is 2.25 bits per heavy atom. The van der Waals surface area contributed by atoms with E-state index < -0.39 is 10.8 Å². The minimum absolute atomic E-state index is 0.432. The summed E-state index contributed by atoms with van der Waals surface area (Å²) in [5.41, 5.74) is 0. The molecule has 1 N–H and O–H groups in total. The van der Waals surface area contributed by atoms with Gasteiger partial charge in [-0.15, -0.1) is 0 Å². The molecular weight excluding hydrogens is 286 g/mol. The van der Waals surface area contributed by atoms with Crippen molar-refractivity contribution in [2.45, 2.75) is 31.2 Å². The maximum atomic E-state index is 12.0. The molecule has 0 amide bonds. The summed E-state index contributed by atoms with van der Waals surface area (Å²) in [4.78, 5) is 0.901. The lowest BCUT2D eigenvalue weighted by Crippen LogP contribution is -2.27. The van der Waals surface area contributed by atoms with Crippen LogP contribution in [-0.2, 0) is 10.8 Å². The van der Waals surface area contributed by atoms with Crippen molar-refractivity contribution in [1.29, 1.82) is 0 Å². The average molecular weight is 304 g/mol. The van der Waals surface area contributed by atoms with Gasteiger partial charge in [-0.3, -0.25) is 4.21 Å². The summed E-state index contributed by atoms with van der Waals surface area (Å²) in [7, 11) is -0.888. The summed E-state index contributed by atoms with van der Waals surface area (Å²) >= 11 is 3.39. The van der Waals surface area contributed by atoms with Crippen LogP contribution in [-0.4, -0.2) is 22.5 Å². The second-order valence-corrected chi connectivity index (χ2v) is 6.24. The van der Waals surface area contributed by atoms with Crippen molar-refractivity contribution in [1.82, 2.24) is 5.32 Å². The molecule has 2 unspecified atom stereocenters. The minimum atomic E-state index is -0.888. The van der Waals surface area contributed by atoms with Crippen molar-refractivity contribution in [3.8, 4) is 0 Å². The molecule has 2 atom stereocenters. The Bertz CT molecular complexity index is 357. The molecule has 2 nitrogen and oxygen atoms in total. The van der Waals surface area contributed by atoms with Crippen LogP contribution in [0.2, 0.25) is 0 Å². The molecule has 1 aromatic carbocycles. The fourth-order valence-electron chi connectivity index (χ4n) is 1.46. The third kappa shape index (κ3) is 4.76. The largest absolute Gasteiger partial charge is 0.315 e. The summed E-state index contributed by atoms with van der Waals surface area (Å²) in [5, 5.41) is 3.32. The Balaban J connectivity index is 2.47. The SMILES string of the molecule is CCNC(C)CCS(=O)c1cccc(Br)c1. The molecule has 0 spiro atoms. The molecule has 1 rings (SSSR count). The van der Waals surface area contributed by atoms with Crippen LogP contribution in [0.1, 0.15) is 20.3 Å². The number of halogens is 1. The first-order valence-corrected chi connectivity index (χ1v) is 7.62. The fourth-order valence-corrected chi connectivity index (χ4v) is 3.30. The van der Waals surface area contributed by atoms with Crippen LogP contribution in [0.3, 0.4) is 0 Å². The minimum Gasteiger partial charge on any atom is -0.315 e. The molecule has 16 heavy (non-hydrogen) atoms. The Labute approximate surface area is 108 Å². The van der Waals surface area contributed by atoms with Gasteiger partial charge in [-0.2, -0.15) is 0 Å². The van der Waals surface area contributed by atoms with Gasteiger partial charge < -0.3 is 5.32 Å². The van der Waals surface area contributed by atoms with E-state index in [4.69, 9.17) is 0 Å². The predicted octanol–water partition coefficient (Wildman–Crippen LogP) is 2.94. The molecule has 1 aromatic rings. The highest BCUT2D eigenvalue weighted by Gasteiger charge is 2.06. The highest BCUT2D eigenvalue weighted by atomic mass is 79.9. The number of hydrogen-bond donors (Lipinski definition) is 1. The molecule has 0 saturated carbocycles. The van der Waals surface area contributed by atoms with Gasteiger partial charge in [0.25, 0.3) is 0 Å². The molecular formula is C12H18BrNOS. The fraction of sp³-hybridized carbons (Fsp3) is 0.500. The van der Waals surface area contributed by atoms with Crippen molar-refractivity contribution in [2.24, 2.45) is 0 Å². The van der Waals surface area contributed by atoms with Crippen LogP contribution in [0.4, 0.5) is 0 Å². The lowest BCUT2D eigenvalue weighted by atomic mass is 10.3. The number of benzene rings is 1. The van der Waals surface area contributed by atoms with Gasteiger partial charge in [0.2, 0.25) is 0 Å². The second kappa shape index (κ2) is 7.20. The Kier molecular flexibility index (Phi) is 6.24. The number of rotatable bonds is 6. The summed E-state index contributed by atoms with van der Waals surface area (Å²) in [5.74, 6) is 0.713. The zero-order valence-corrected chi connectivity index (χ0v) is 12.1. The first kappa shape index (κ1) is 13.9. The van der Waals surface area contributed by atoms with Crippen LogP contribution in [0.25, 0.3) is 0 Å². The van der Waals surface area contributed by atoms with E-state index in [-0.39, 0.29) is 0 Å². The summed E-state index contributed by atoms with van der Waals surface area (Å²) < 4.78 is 13.0. The lowest BCUT2D eigenvalue weighted by Gasteiger charge is -2.11. The van der Waals surface area contributed by atoms with Gasteiger partial charge >= 0.3 is 0 Å². The maximum absolute atomic E-state index is 12.0. The van der Waals surface area contributed by atoms with Gasteiger partial charge in [-0.1, -0.05) is 28.9 Å². The lowest BCUT2D eigenvalue weighted by molar-refractivity contribution is 0.553. The van der Waals surface area contributed by atoms with Gasteiger partial charge in [0.05, 0.1) is 10.8 Å². The van der Waals surface area contributed by atoms with E-state index >= 15 is 0 Å². The Hall–Kier alpha value is -0.190. The van der Waals surface area contributed by atoms with Crippen molar-refractivity contribution in [3.63, 3.8) is 0 Å². The molecule has 0 bridgehead atoms. The van der Waals surface area contributed by atoms with Crippen LogP contribution in [0.5, 0.6) is 0 Å². The molecule has 4 heteroatoms. The molecule has 0 heterocycles. The summed E-state index contributed by atoms with van der Waals surface area (Å²) in [6, 6.07) is 8.14. The molecule has 0 aromatic heterocycles. The van der Waals surface area contributed by atoms with E-state index in [1.54, 1.807) is 0 Å². The van der Waals surface area contributed by atoms with E-state index in [1.165, 1.54) is 0 Å². The molecule has 90 valence electrons. The van der Waals surface area contributed by atoms with Crippen molar-refractivity contribution >= 4 is 26.7 Å². The van der Waals surface area contributed by atoms with Gasteiger partial charge in [-0.25, -0.2) is 0 Å². The predicted molar refractivity (Wildman–Crippen MR) is 73.2 cm³/mol. The molecule has 0 aliphatic heterocycles. The van der Waals surface area contributed by atoms with Gasteiger partial charge in [0.15, 0.2) is 0 Å².